The topological polar surface area (TPSA) is 75.0 Å². The highest BCUT2D eigenvalue weighted by atomic mass is 16.8. The molecule has 116 valence electrons. The van der Waals surface area contributed by atoms with Crippen molar-refractivity contribution in [2.24, 2.45) is 0 Å². The fraction of sp³-hybridized carbons (Fsp3) is 0.294. The average Bonchev–Trinajstić information content (AvgIpc) is 3.20. The molecule has 5 rings (SSSR count). The maximum Gasteiger partial charge on any atom is 0.347 e. The van der Waals surface area contributed by atoms with E-state index in [1.165, 1.54) is 0 Å². The van der Waals surface area contributed by atoms with Crippen molar-refractivity contribution in [3.05, 3.63) is 45.5 Å². The van der Waals surface area contributed by atoms with E-state index in [1.54, 1.807) is 19.4 Å². The van der Waals surface area contributed by atoms with Gasteiger partial charge in [0.05, 0.1) is 30.2 Å². The van der Waals surface area contributed by atoms with Crippen LogP contribution in [0.25, 0.3) is 11.0 Å². The summed E-state index contributed by atoms with van der Waals surface area (Å²) >= 11 is 0. The summed E-state index contributed by atoms with van der Waals surface area (Å²) in [5.41, 5.74) is 1.49. The van der Waals surface area contributed by atoms with Crippen LogP contribution < -0.4 is 15.1 Å². The molecule has 2 aliphatic heterocycles. The Labute approximate surface area is 130 Å². The van der Waals surface area contributed by atoms with Crippen LogP contribution in [0.4, 0.5) is 0 Å². The van der Waals surface area contributed by atoms with Gasteiger partial charge in [0, 0.05) is 12.5 Å². The van der Waals surface area contributed by atoms with E-state index in [2.05, 4.69) is 0 Å². The third kappa shape index (κ3) is 1.48. The van der Waals surface area contributed by atoms with Gasteiger partial charge in [0.15, 0.2) is 5.78 Å². The van der Waals surface area contributed by atoms with Crippen LogP contribution in [-0.4, -0.2) is 19.2 Å². The lowest BCUT2D eigenvalue weighted by Gasteiger charge is -2.12. The van der Waals surface area contributed by atoms with Gasteiger partial charge >= 0.3 is 5.63 Å². The first kappa shape index (κ1) is 12.8. The quantitative estimate of drug-likeness (QED) is 0.749. The highest BCUT2D eigenvalue weighted by Crippen LogP contribution is 2.50. The van der Waals surface area contributed by atoms with E-state index in [0.29, 0.717) is 40.9 Å². The molecule has 6 heteroatoms. The largest absolute Gasteiger partial charge is 0.496 e. The van der Waals surface area contributed by atoms with Crippen molar-refractivity contribution < 1.29 is 23.4 Å². The number of ketones is 1. The van der Waals surface area contributed by atoms with Crippen LogP contribution in [0.15, 0.2) is 27.6 Å². The lowest BCUT2D eigenvalue weighted by molar-refractivity contribution is -0.00485. The molecular formula is C17H12O6. The lowest BCUT2D eigenvalue weighted by atomic mass is 10.6. The Morgan fingerprint density at radius 3 is 3.17 bits per heavy atom. The molecule has 0 spiro atoms. The first-order valence-corrected chi connectivity index (χ1v) is 7.41. The monoisotopic (exact) mass is 326 g/mol. The minimum absolute atomic E-state index is 0.128. The third-order valence-electron chi connectivity index (χ3n) is 4.72. The normalized spacial score (nSPS) is 23.4. The Kier molecular flexibility index (Phi) is 2.30. The number of carbonyl (C=O) groups excluding carboxylic acids is 1. The molecule has 3 heterocycles. The van der Waals surface area contributed by atoms with Gasteiger partial charge in [-0.1, -0.05) is 0 Å². The molecule has 2 atom stereocenters. The number of hydrogen-bond acceptors (Lipinski definition) is 6. The number of Topliss-reactive ketones (excluding diaryl/α,β-unsaturated/α-hetero) is 1. The molecule has 0 N–H and O–H groups in total. The number of ether oxygens (including phenoxy) is 3. The van der Waals surface area contributed by atoms with Crippen LogP contribution in [0.5, 0.6) is 11.5 Å². The molecule has 6 nitrogen and oxygen atoms in total. The predicted molar refractivity (Wildman–Crippen MR) is 79.1 cm³/mol. The standard InChI is InChI=1S/C17H12O6/c1-20-10-6-11-14(8-4-5-21-17(8)22-11)15-13(10)7-2-3-9(18)12(7)16(19)23-15/h4-6,8,17H,2-3H2,1H3/t8-,17+/m0/s1/i3+2,5+2,6+2,8+2,12+2,13+2,14+2. The second kappa shape index (κ2) is 4.16. The zero-order valence-corrected chi connectivity index (χ0v) is 12.3. The number of benzene rings is 1. The van der Waals surface area contributed by atoms with Gasteiger partial charge in [-0.25, -0.2) is 4.79 Å². The Bertz CT molecular complexity index is 967. The number of hydrogen-bond donors (Lipinski definition) is 0. The summed E-state index contributed by atoms with van der Waals surface area (Å²) in [7, 11) is 1.54. The van der Waals surface area contributed by atoms with Crippen LogP contribution >= 0.6 is 0 Å². The minimum atomic E-state index is -0.586. The third-order valence-corrected chi connectivity index (χ3v) is 4.72. The second-order valence-corrected chi connectivity index (χ2v) is 5.84. The van der Waals surface area contributed by atoms with Gasteiger partial charge in [-0.2, -0.15) is 0 Å². The molecule has 0 saturated carbocycles. The summed E-state index contributed by atoms with van der Waals surface area (Å²) in [5, 5.41) is 0.691. The van der Waals surface area contributed by atoms with Gasteiger partial charge < -0.3 is 18.6 Å². The summed E-state index contributed by atoms with van der Waals surface area (Å²) in [4.78, 5) is 24.3. The Balaban J connectivity index is 1.94. The van der Waals surface area contributed by atoms with E-state index in [1.807, 2.05) is 6.08 Å². The van der Waals surface area contributed by atoms with Gasteiger partial charge in [0.2, 0.25) is 0 Å². The highest BCUT2D eigenvalue weighted by Gasteiger charge is 2.41. The summed E-state index contributed by atoms with van der Waals surface area (Å²) in [6.07, 6.45) is 3.86. The van der Waals surface area contributed by atoms with Crippen LogP contribution in [0.2, 0.25) is 0 Å². The molecule has 1 aromatic carbocycles. The smallest absolute Gasteiger partial charge is 0.347 e. The molecule has 3 aliphatic rings. The molecule has 0 amide bonds. The lowest BCUT2D eigenvalue weighted by Crippen LogP contribution is -2.14. The number of fused-ring (bicyclic) bond motifs is 7. The number of methoxy groups -OCH3 is 1. The SMILES string of the molecule is COc1[14cH]c2[14c](c3oc(=O)[14c]4c([14c]13)C[14CH2]C4=O)[14C@@H]1C=[14CH]O[C@@H]1O2. The minimum Gasteiger partial charge on any atom is -0.496 e. The molecule has 23 heavy (non-hydrogen) atoms. The van der Waals surface area contributed by atoms with Crippen molar-refractivity contribution in [2.75, 3.05) is 7.11 Å². The van der Waals surface area contributed by atoms with Crippen LogP contribution in [0.3, 0.4) is 0 Å². The zero-order valence-electron chi connectivity index (χ0n) is 12.3. The van der Waals surface area contributed by atoms with Crippen molar-refractivity contribution >= 4 is 16.8 Å². The first-order chi connectivity index (χ1) is 11.2. The molecule has 0 radical (unpaired) electrons. The maximum absolute atomic E-state index is 12.3. The van der Waals surface area contributed by atoms with E-state index in [4.69, 9.17) is 18.6 Å². The van der Waals surface area contributed by atoms with E-state index in [0.717, 1.165) is 5.56 Å². The Morgan fingerprint density at radius 2 is 2.35 bits per heavy atom. The van der Waals surface area contributed by atoms with Crippen LogP contribution in [0.1, 0.15) is 33.8 Å². The summed E-state index contributed by atoms with van der Waals surface area (Å²) in [5.74, 6) is 0.826. The molecular weight excluding hydrogens is 314 g/mol. The molecule has 0 unspecified atom stereocenters. The van der Waals surface area contributed by atoms with Crippen molar-refractivity contribution in [2.45, 2.75) is 25.0 Å². The Hall–Kier alpha value is -2.76. The molecule has 0 saturated heterocycles. The number of aryl methyl sites for hydroxylation is 1. The van der Waals surface area contributed by atoms with Crippen LogP contribution in [0, 0.1) is 0 Å². The van der Waals surface area contributed by atoms with Crippen molar-refractivity contribution in [1.82, 2.24) is 0 Å². The van der Waals surface area contributed by atoms with Crippen molar-refractivity contribution in [3.63, 3.8) is 0 Å². The average molecular weight is 326 g/mol. The fourth-order valence-corrected chi connectivity index (χ4v) is 3.72. The van der Waals surface area contributed by atoms with E-state index < -0.39 is 11.9 Å². The predicted octanol–water partition coefficient (Wildman–Crippen LogP) is 2.28. The second-order valence-electron chi connectivity index (χ2n) is 5.84. The Morgan fingerprint density at radius 1 is 1.48 bits per heavy atom. The summed E-state index contributed by atoms with van der Waals surface area (Å²) in [6.45, 7) is 0. The molecule has 0 fully saturated rings. The summed E-state index contributed by atoms with van der Waals surface area (Å²) in [6, 6.07) is 1.77. The van der Waals surface area contributed by atoms with E-state index in [9.17, 15) is 9.59 Å². The van der Waals surface area contributed by atoms with Gasteiger partial charge in [-0.15, -0.1) is 0 Å². The highest BCUT2D eigenvalue weighted by molar-refractivity contribution is 6.06. The van der Waals surface area contributed by atoms with Gasteiger partial charge in [0.25, 0.3) is 6.29 Å². The van der Waals surface area contributed by atoms with E-state index >= 15 is 0 Å². The number of rotatable bonds is 1. The van der Waals surface area contributed by atoms with Crippen LogP contribution in [-0.2, 0) is 11.2 Å². The molecule has 1 aliphatic carbocycles. The fourth-order valence-electron chi connectivity index (χ4n) is 3.72. The molecule has 1 aromatic heterocycles. The summed E-state index contributed by atoms with van der Waals surface area (Å²) < 4.78 is 22.2. The van der Waals surface area contributed by atoms with E-state index in [-0.39, 0.29) is 17.3 Å². The first-order valence-electron chi connectivity index (χ1n) is 7.41. The van der Waals surface area contributed by atoms with Crippen molar-refractivity contribution in [1.29, 1.82) is 0 Å². The zero-order chi connectivity index (χ0) is 15.7. The van der Waals surface area contributed by atoms with Gasteiger partial charge in [-0.05, 0) is 18.1 Å². The van der Waals surface area contributed by atoms with Gasteiger partial charge in [-0.3, -0.25) is 4.79 Å². The molecule has 0 bridgehead atoms. The molecule has 2 aromatic rings. The number of carbonyl (C=O) groups is 1. The maximum atomic E-state index is 12.3. The van der Waals surface area contributed by atoms with Crippen molar-refractivity contribution in [3.8, 4) is 11.5 Å². The van der Waals surface area contributed by atoms with Gasteiger partial charge in [0.1, 0.15) is 22.6 Å².